The van der Waals surface area contributed by atoms with Gasteiger partial charge in [-0.2, -0.15) is 0 Å². The summed E-state index contributed by atoms with van der Waals surface area (Å²) in [5, 5.41) is 0. The summed E-state index contributed by atoms with van der Waals surface area (Å²) in [5.41, 5.74) is 1.28. The Morgan fingerprint density at radius 1 is 1.12 bits per heavy atom. The highest BCUT2D eigenvalue weighted by atomic mass is 32.2. The number of nitrogens with one attached hydrogen (secondary N) is 1. The molecule has 0 radical (unpaired) electrons. The van der Waals surface area contributed by atoms with Gasteiger partial charge in [-0.3, -0.25) is 4.90 Å². The highest BCUT2D eigenvalue weighted by molar-refractivity contribution is 7.89. The molecule has 1 atom stereocenters. The van der Waals surface area contributed by atoms with Crippen LogP contribution in [0, 0.1) is 0 Å². The molecule has 0 spiro atoms. The van der Waals surface area contributed by atoms with E-state index in [-0.39, 0.29) is 6.04 Å². The van der Waals surface area contributed by atoms with E-state index in [0.29, 0.717) is 17.4 Å². The minimum absolute atomic E-state index is 0.167. The Balaban J connectivity index is 1.57. The Labute approximate surface area is 151 Å². The van der Waals surface area contributed by atoms with Crippen molar-refractivity contribution in [3.8, 4) is 0 Å². The molecule has 1 aliphatic heterocycles. The molecular formula is C19H30N2O3S. The van der Waals surface area contributed by atoms with Gasteiger partial charge in [-0.15, -0.1) is 0 Å². The Bertz CT molecular complexity index is 633. The second-order valence-electron chi connectivity index (χ2n) is 7.25. The van der Waals surface area contributed by atoms with Crippen molar-refractivity contribution < 1.29 is 13.2 Å². The van der Waals surface area contributed by atoms with Gasteiger partial charge in [0.1, 0.15) is 0 Å². The summed E-state index contributed by atoms with van der Waals surface area (Å²) in [4.78, 5) is 2.62. The van der Waals surface area contributed by atoms with Gasteiger partial charge in [-0.25, -0.2) is 13.1 Å². The fourth-order valence-electron chi connectivity index (χ4n) is 3.82. The number of hydrogen-bond donors (Lipinski definition) is 1. The molecular weight excluding hydrogens is 336 g/mol. The standard InChI is InChI=1S/C19H30N2O3S/c1-16(21-11-13-24-14-12-21)15-20-25(22,23)19-9-7-18(8-10-19)17-5-3-2-4-6-17/h7-10,16-17,20H,2-6,11-15H2,1H3. The van der Waals surface area contributed by atoms with Crippen LogP contribution in [-0.4, -0.2) is 52.2 Å². The molecule has 6 heteroatoms. The molecule has 1 aromatic rings. The molecule has 140 valence electrons. The quantitative estimate of drug-likeness (QED) is 0.841. The van der Waals surface area contributed by atoms with Crippen LogP contribution in [0.25, 0.3) is 0 Å². The molecule has 1 saturated carbocycles. The molecule has 1 aliphatic carbocycles. The number of rotatable bonds is 6. The predicted octanol–water partition coefficient (Wildman–Crippen LogP) is 2.73. The van der Waals surface area contributed by atoms with Crippen LogP contribution in [0.15, 0.2) is 29.2 Å². The highest BCUT2D eigenvalue weighted by Crippen LogP contribution is 2.32. The monoisotopic (exact) mass is 366 g/mol. The lowest BCUT2D eigenvalue weighted by atomic mass is 9.84. The lowest BCUT2D eigenvalue weighted by molar-refractivity contribution is 0.0213. The summed E-state index contributed by atoms with van der Waals surface area (Å²) in [6.45, 7) is 5.64. The zero-order valence-electron chi connectivity index (χ0n) is 15.1. The number of benzene rings is 1. The van der Waals surface area contributed by atoms with Gasteiger partial charge in [0.15, 0.2) is 0 Å². The topological polar surface area (TPSA) is 58.6 Å². The molecule has 2 aliphatic rings. The molecule has 25 heavy (non-hydrogen) atoms. The number of nitrogens with zero attached hydrogens (tertiary/aromatic N) is 1. The molecule has 1 aromatic carbocycles. The minimum Gasteiger partial charge on any atom is -0.379 e. The van der Waals surface area contributed by atoms with Crippen LogP contribution in [0.2, 0.25) is 0 Å². The van der Waals surface area contributed by atoms with Crippen molar-refractivity contribution in [2.45, 2.75) is 55.9 Å². The van der Waals surface area contributed by atoms with Crippen LogP contribution in [0.3, 0.4) is 0 Å². The van der Waals surface area contributed by atoms with Crippen LogP contribution in [0.4, 0.5) is 0 Å². The van der Waals surface area contributed by atoms with E-state index >= 15 is 0 Å². The maximum Gasteiger partial charge on any atom is 0.240 e. The van der Waals surface area contributed by atoms with Crippen LogP contribution in [0.1, 0.15) is 50.5 Å². The van der Waals surface area contributed by atoms with Gasteiger partial charge in [0.05, 0.1) is 18.1 Å². The molecule has 0 amide bonds. The first-order chi connectivity index (χ1) is 12.1. The second-order valence-corrected chi connectivity index (χ2v) is 9.02. The van der Waals surface area contributed by atoms with Gasteiger partial charge in [-0.1, -0.05) is 31.4 Å². The zero-order chi connectivity index (χ0) is 17.7. The van der Waals surface area contributed by atoms with E-state index in [1.165, 1.54) is 37.7 Å². The Morgan fingerprint density at radius 3 is 2.40 bits per heavy atom. The number of hydrogen-bond acceptors (Lipinski definition) is 4. The molecule has 3 rings (SSSR count). The number of ether oxygens (including phenoxy) is 1. The molecule has 0 aromatic heterocycles. The Hall–Kier alpha value is -0.950. The van der Waals surface area contributed by atoms with E-state index in [2.05, 4.69) is 16.5 Å². The summed E-state index contributed by atoms with van der Waals surface area (Å²) in [7, 11) is -3.45. The summed E-state index contributed by atoms with van der Waals surface area (Å²) < 4.78 is 33.2. The van der Waals surface area contributed by atoms with Crippen molar-refractivity contribution in [3.63, 3.8) is 0 Å². The molecule has 5 nitrogen and oxygen atoms in total. The lowest BCUT2D eigenvalue weighted by Crippen LogP contribution is -2.47. The van der Waals surface area contributed by atoms with Crippen molar-refractivity contribution in [3.05, 3.63) is 29.8 Å². The third-order valence-electron chi connectivity index (χ3n) is 5.50. The van der Waals surface area contributed by atoms with Crippen molar-refractivity contribution in [1.82, 2.24) is 9.62 Å². The van der Waals surface area contributed by atoms with E-state index in [1.54, 1.807) is 12.1 Å². The smallest absolute Gasteiger partial charge is 0.240 e. The molecule has 1 N–H and O–H groups in total. The number of sulfonamides is 1. The van der Waals surface area contributed by atoms with Gasteiger partial charge in [-0.05, 0) is 43.4 Å². The van der Waals surface area contributed by atoms with E-state index in [0.717, 1.165) is 26.3 Å². The van der Waals surface area contributed by atoms with Crippen molar-refractivity contribution in [2.75, 3.05) is 32.8 Å². The van der Waals surface area contributed by atoms with Crippen LogP contribution < -0.4 is 4.72 Å². The van der Waals surface area contributed by atoms with Crippen molar-refractivity contribution >= 4 is 10.0 Å². The fraction of sp³-hybridized carbons (Fsp3) is 0.684. The minimum atomic E-state index is -3.45. The molecule has 2 fully saturated rings. The summed E-state index contributed by atoms with van der Waals surface area (Å²) in [5.74, 6) is 0.597. The lowest BCUT2D eigenvalue weighted by Gasteiger charge is -2.32. The fourth-order valence-corrected chi connectivity index (χ4v) is 4.94. The summed E-state index contributed by atoms with van der Waals surface area (Å²) >= 11 is 0. The molecule has 1 saturated heterocycles. The van der Waals surface area contributed by atoms with Crippen LogP contribution in [0.5, 0.6) is 0 Å². The van der Waals surface area contributed by atoms with E-state index in [9.17, 15) is 8.42 Å². The predicted molar refractivity (Wildman–Crippen MR) is 99.3 cm³/mol. The average Bonchev–Trinajstić information content (AvgIpc) is 2.68. The van der Waals surface area contributed by atoms with E-state index in [4.69, 9.17) is 4.74 Å². The number of morpholine rings is 1. The van der Waals surface area contributed by atoms with E-state index in [1.807, 2.05) is 12.1 Å². The van der Waals surface area contributed by atoms with Gasteiger partial charge < -0.3 is 4.74 Å². The van der Waals surface area contributed by atoms with Gasteiger partial charge in [0, 0.05) is 25.7 Å². The van der Waals surface area contributed by atoms with Crippen molar-refractivity contribution in [2.24, 2.45) is 0 Å². The SMILES string of the molecule is CC(CNS(=O)(=O)c1ccc(C2CCCCC2)cc1)N1CCOCC1. The average molecular weight is 367 g/mol. The Morgan fingerprint density at radius 2 is 1.76 bits per heavy atom. The van der Waals surface area contributed by atoms with Gasteiger partial charge in [0.25, 0.3) is 0 Å². The maximum atomic E-state index is 12.6. The molecule has 1 unspecified atom stereocenters. The van der Waals surface area contributed by atoms with Gasteiger partial charge >= 0.3 is 0 Å². The summed E-state index contributed by atoms with van der Waals surface area (Å²) in [6, 6.07) is 7.67. The maximum absolute atomic E-state index is 12.6. The first-order valence-corrected chi connectivity index (χ1v) is 11.0. The zero-order valence-corrected chi connectivity index (χ0v) is 15.9. The van der Waals surface area contributed by atoms with Gasteiger partial charge in [0.2, 0.25) is 10.0 Å². The Kier molecular flexibility index (Phi) is 6.49. The third kappa shape index (κ3) is 5.03. The van der Waals surface area contributed by atoms with Crippen molar-refractivity contribution in [1.29, 1.82) is 0 Å². The molecule has 0 bridgehead atoms. The van der Waals surface area contributed by atoms with Crippen LogP contribution >= 0.6 is 0 Å². The summed E-state index contributed by atoms with van der Waals surface area (Å²) in [6.07, 6.45) is 6.34. The first kappa shape index (κ1) is 18.8. The first-order valence-electron chi connectivity index (χ1n) is 9.48. The van der Waals surface area contributed by atoms with Crippen LogP contribution in [-0.2, 0) is 14.8 Å². The largest absolute Gasteiger partial charge is 0.379 e. The second kappa shape index (κ2) is 8.62. The highest BCUT2D eigenvalue weighted by Gasteiger charge is 2.21. The molecule has 1 heterocycles. The third-order valence-corrected chi connectivity index (χ3v) is 6.94. The normalized spacial score (nSPS) is 22.0. The van der Waals surface area contributed by atoms with E-state index < -0.39 is 10.0 Å².